The Morgan fingerprint density at radius 2 is 1.39 bits per heavy atom. The second kappa shape index (κ2) is 12.3. The third-order valence-corrected chi connectivity index (χ3v) is 5.68. The average Bonchev–Trinajstić information content (AvgIpc) is 2.76. The fraction of sp³-hybridized carbons (Fsp3) is 0.481. The summed E-state index contributed by atoms with van der Waals surface area (Å²) >= 11 is 0. The molecule has 0 radical (unpaired) electrons. The van der Waals surface area contributed by atoms with Crippen LogP contribution in [-0.4, -0.2) is 22.9 Å². The molecule has 0 heterocycles. The Morgan fingerprint density at radius 1 is 0.839 bits per heavy atom. The summed E-state index contributed by atoms with van der Waals surface area (Å²) in [6.07, 6.45) is 6.84. The monoisotopic (exact) mass is 422 g/mol. The van der Waals surface area contributed by atoms with Crippen molar-refractivity contribution in [2.45, 2.75) is 85.6 Å². The molecule has 0 aliphatic rings. The number of nitrogens with zero attached hydrogens (tertiary/aromatic N) is 1. The molecule has 4 heteroatoms. The zero-order valence-corrected chi connectivity index (χ0v) is 19.8. The molecule has 1 N–H and O–H groups in total. The molecule has 0 bridgehead atoms. The fourth-order valence-electron chi connectivity index (χ4n) is 3.89. The molecule has 0 saturated heterocycles. The van der Waals surface area contributed by atoms with Crippen molar-refractivity contribution in [3.8, 4) is 0 Å². The van der Waals surface area contributed by atoms with Gasteiger partial charge in [-0.2, -0.15) is 0 Å². The van der Waals surface area contributed by atoms with Crippen molar-refractivity contribution >= 4 is 11.8 Å². The summed E-state index contributed by atoms with van der Waals surface area (Å²) < 4.78 is 0. The van der Waals surface area contributed by atoms with Crippen molar-refractivity contribution < 1.29 is 9.59 Å². The van der Waals surface area contributed by atoms with E-state index in [-0.39, 0.29) is 17.9 Å². The zero-order valence-electron chi connectivity index (χ0n) is 19.8. The van der Waals surface area contributed by atoms with E-state index in [9.17, 15) is 9.59 Å². The maximum Gasteiger partial charge on any atom is 0.272 e. The van der Waals surface area contributed by atoms with Crippen LogP contribution in [0.3, 0.4) is 0 Å². The third kappa shape index (κ3) is 7.23. The van der Waals surface area contributed by atoms with Crippen LogP contribution >= 0.6 is 0 Å². The number of hydrogen-bond donors (Lipinski definition) is 1. The molecule has 0 saturated carbocycles. The van der Waals surface area contributed by atoms with Gasteiger partial charge in [-0.3, -0.25) is 15.0 Å². The molecular formula is C27H38N2O2. The molecule has 0 aliphatic carbocycles. The Labute approximate surface area is 188 Å². The van der Waals surface area contributed by atoms with Crippen LogP contribution in [0, 0.1) is 13.8 Å². The number of aryl methyl sites for hydroxylation is 3. The van der Waals surface area contributed by atoms with E-state index in [0.717, 1.165) is 56.1 Å². The Bertz CT molecular complexity index is 830. The Morgan fingerprint density at radius 3 is 1.87 bits per heavy atom. The zero-order chi connectivity index (χ0) is 22.8. The van der Waals surface area contributed by atoms with Gasteiger partial charge >= 0.3 is 0 Å². The van der Waals surface area contributed by atoms with Crippen LogP contribution in [0.15, 0.2) is 42.5 Å². The summed E-state index contributed by atoms with van der Waals surface area (Å²) in [6, 6.07) is 13.5. The molecule has 0 atom stereocenters. The number of carbonyl (C=O) groups is 2. The van der Waals surface area contributed by atoms with Crippen molar-refractivity contribution in [2.24, 2.45) is 0 Å². The lowest BCUT2D eigenvalue weighted by Gasteiger charge is -2.32. The maximum absolute atomic E-state index is 13.5. The molecule has 2 aromatic carbocycles. The molecule has 0 unspecified atom stereocenters. The minimum atomic E-state index is -0.233. The first kappa shape index (κ1) is 24.6. The van der Waals surface area contributed by atoms with E-state index in [1.807, 2.05) is 56.3 Å². The quantitative estimate of drug-likeness (QED) is 0.450. The number of hydrogen-bond acceptors (Lipinski definition) is 2. The lowest BCUT2D eigenvalue weighted by Crippen LogP contribution is -2.52. The highest BCUT2D eigenvalue weighted by atomic mass is 16.2. The van der Waals surface area contributed by atoms with Gasteiger partial charge in [-0.1, -0.05) is 75.8 Å². The first-order valence-corrected chi connectivity index (χ1v) is 11.7. The molecular weight excluding hydrogens is 384 g/mol. The van der Waals surface area contributed by atoms with Crippen LogP contribution < -0.4 is 5.43 Å². The molecule has 0 spiro atoms. The molecule has 168 valence electrons. The van der Waals surface area contributed by atoms with Crippen LogP contribution in [0.4, 0.5) is 0 Å². The molecule has 2 amide bonds. The van der Waals surface area contributed by atoms with E-state index in [1.54, 1.807) is 5.01 Å². The first-order valence-electron chi connectivity index (χ1n) is 11.7. The van der Waals surface area contributed by atoms with Crippen LogP contribution in [0.25, 0.3) is 0 Å². The number of benzene rings is 2. The normalized spacial score (nSPS) is 10.9. The second-order valence-electron chi connectivity index (χ2n) is 8.48. The Kier molecular flexibility index (Phi) is 9.77. The molecule has 0 fully saturated rings. The summed E-state index contributed by atoms with van der Waals surface area (Å²) in [7, 11) is 0. The predicted octanol–water partition coefficient (Wildman–Crippen LogP) is 6.40. The van der Waals surface area contributed by atoms with Crippen LogP contribution in [-0.2, 0) is 6.42 Å². The molecule has 2 rings (SSSR count). The standard InChI is InChI=1S/C27H38N2O2/c1-6-9-11-25(12-10-7-2)29(27(31)23-15-13-22(8-3)14-16-23)28-26(30)24-18-20(4)17-21(5)19-24/h13-19,25H,6-12H2,1-5H3,(H,28,30). The molecule has 4 nitrogen and oxygen atoms in total. The van der Waals surface area contributed by atoms with Gasteiger partial charge in [0.05, 0.1) is 6.04 Å². The van der Waals surface area contributed by atoms with Gasteiger partial charge in [-0.05, 0) is 62.9 Å². The number of rotatable bonds is 10. The van der Waals surface area contributed by atoms with E-state index < -0.39 is 0 Å². The van der Waals surface area contributed by atoms with Crippen molar-refractivity contribution in [2.75, 3.05) is 0 Å². The van der Waals surface area contributed by atoms with Crippen molar-refractivity contribution in [3.05, 3.63) is 70.3 Å². The van der Waals surface area contributed by atoms with Gasteiger partial charge in [0.2, 0.25) is 0 Å². The van der Waals surface area contributed by atoms with Gasteiger partial charge in [0, 0.05) is 11.1 Å². The maximum atomic E-state index is 13.5. The summed E-state index contributed by atoms with van der Waals surface area (Å²) in [5.74, 6) is -0.374. The van der Waals surface area contributed by atoms with E-state index >= 15 is 0 Å². The van der Waals surface area contributed by atoms with Gasteiger partial charge in [-0.25, -0.2) is 5.01 Å². The van der Waals surface area contributed by atoms with E-state index in [4.69, 9.17) is 0 Å². The highest BCUT2D eigenvalue weighted by Crippen LogP contribution is 2.19. The SMILES string of the molecule is CCCCC(CCCC)N(NC(=O)c1cc(C)cc(C)c1)C(=O)c1ccc(CC)cc1. The molecule has 31 heavy (non-hydrogen) atoms. The van der Waals surface area contributed by atoms with E-state index in [1.165, 1.54) is 5.56 Å². The number of nitrogens with one attached hydrogen (secondary N) is 1. The summed E-state index contributed by atoms with van der Waals surface area (Å²) in [4.78, 5) is 26.7. The number of amides is 2. The van der Waals surface area contributed by atoms with Gasteiger partial charge in [0.1, 0.15) is 0 Å². The van der Waals surface area contributed by atoms with Crippen molar-refractivity contribution in [3.63, 3.8) is 0 Å². The van der Waals surface area contributed by atoms with E-state index in [2.05, 4.69) is 26.2 Å². The highest BCUT2D eigenvalue weighted by molar-refractivity contribution is 5.99. The number of hydrazine groups is 1. The topological polar surface area (TPSA) is 49.4 Å². The van der Waals surface area contributed by atoms with Crippen LogP contribution in [0.2, 0.25) is 0 Å². The predicted molar refractivity (Wildman–Crippen MR) is 128 cm³/mol. The van der Waals surface area contributed by atoms with Gasteiger partial charge in [0.25, 0.3) is 11.8 Å². The summed E-state index contributed by atoms with van der Waals surface area (Å²) in [5.41, 5.74) is 7.43. The lowest BCUT2D eigenvalue weighted by atomic mass is 10.0. The van der Waals surface area contributed by atoms with Crippen molar-refractivity contribution in [1.82, 2.24) is 10.4 Å². The number of carbonyl (C=O) groups excluding carboxylic acids is 2. The smallest absolute Gasteiger partial charge is 0.267 e. The van der Waals surface area contributed by atoms with Crippen molar-refractivity contribution in [1.29, 1.82) is 0 Å². The van der Waals surface area contributed by atoms with Crippen LogP contribution in [0.5, 0.6) is 0 Å². The average molecular weight is 423 g/mol. The van der Waals surface area contributed by atoms with Gasteiger partial charge < -0.3 is 0 Å². The minimum Gasteiger partial charge on any atom is -0.267 e. The summed E-state index contributed by atoms with van der Waals surface area (Å²) in [6.45, 7) is 10.4. The third-order valence-electron chi connectivity index (χ3n) is 5.68. The first-order chi connectivity index (χ1) is 14.9. The van der Waals surface area contributed by atoms with Gasteiger partial charge in [0.15, 0.2) is 0 Å². The largest absolute Gasteiger partial charge is 0.272 e. The lowest BCUT2D eigenvalue weighted by molar-refractivity contribution is 0.0450. The van der Waals surface area contributed by atoms with Gasteiger partial charge in [-0.15, -0.1) is 0 Å². The van der Waals surface area contributed by atoms with Crippen LogP contribution in [0.1, 0.15) is 96.7 Å². The number of unbranched alkanes of at least 4 members (excludes halogenated alkanes) is 2. The fourth-order valence-corrected chi connectivity index (χ4v) is 3.89. The molecule has 0 aliphatic heterocycles. The Balaban J connectivity index is 2.36. The summed E-state index contributed by atoms with van der Waals surface area (Å²) in [5, 5.41) is 1.60. The second-order valence-corrected chi connectivity index (χ2v) is 8.48. The molecule has 2 aromatic rings. The minimum absolute atomic E-state index is 0.0203. The molecule has 0 aromatic heterocycles. The Hall–Kier alpha value is -2.62. The highest BCUT2D eigenvalue weighted by Gasteiger charge is 2.26. The van der Waals surface area contributed by atoms with E-state index in [0.29, 0.717) is 11.1 Å².